The van der Waals surface area contributed by atoms with Gasteiger partial charge >= 0.3 is 0 Å². The van der Waals surface area contributed by atoms with Gasteiger partial charge in [0.05, 0.1) is 12.8 Å². The minimum Gasteiger partial charge on any atom is -0.495 e. The van der Waals surface area contributed by atoms with E-state index >= 15 is 0 Å². The summed E-state index contributed by atoms with van der Waals surface area (Å²) in [5, 5.41) is 2.58. The van der Waals surface area contributed by atoms with Gasteiger partial charge < -0.3 is 10.1 Å². The molecule has 27 heavy (non-hydrogen) atoms. The minimum absolute atomic E-state index is 0.102. The molecular formula is C17H23N3O6S. The second-order valence-corrected chi connectivity index (χ2v) is 7.78. The minimum atomic E-state index is -3.94. The van der Waals surface area contributed by atoms with Crippen molar-refractivity contribution in [3.8, 4) is 5.75 Å². The number of anilines is 1. The van der Waals surface area contributed by atoms with Crippen LogP contribution in [-0.2, 0) is 24.4 Å². The van der Waals surface area contributed by atoms with Gasteiger partial charge in [-0.1, -0.05) is 0 Å². The Morgan fingerprint density at radius 3 is 2.44 bits per heavy atom. The van der Waals surface area contributed by atoms with Crippen LogP contribution in [0.3, 0.4) is 0 Å². The molecule has 1 heterocycles. The van der Waals surface area contributed by atoms with E-state index in [9.17, 15) is 22.8 Å². The number of sulfonamides is 1. The Labute approximate surface area is 158 Å². The Bertz CT molecular complexity index is 821. The lowest BCUT2D eigenvalue weighted by Gasteiger charge is -2.25. The Morgan fingerprint density at radius 1 is 1.19 bits per heavy atom. The van der Waals surface area contributed by atoms with E-state index in [0.717, 1.165) is 4.90 Å². The largest absolute Gasteiger partial charge is 0.495 e. The fourth-order valence-electron chi connectivity index (χ4n) is 2.69. The van der Waals surface area contributed by atoms with Gasteiger partial charge in [-0.3, -0.25) is 19.3 Å². The molecular weight excluding hydrogens is 374 g/mol. The van der Waals surface area contributed by atoms with Crippen LogP contribution in [0.2, 0.25) is 0 Å². The summed E-state index contributed by atoms with van der Waals surface area (Å²) >= 11 is 0. The Balaban J connectivity index is 2.22. The van der Waals surface area contributed by atoms with E-state index in [4.69, 9.17) is 4.74 Å². The van der Waals surface area contributed by atoms with E-state index < -0.39 is 10.0 Å². The van der Waals surface area contributed by atoms with Crippen molar-refractivity contribution in [1.82, 2.24) is 10.0 Å². The van der Waals surface area contributed by atoms with Gasteiger partial charge in [-0.25, -0.2) is 13.1 Å². The standard InChI is InChI=1S/C17H23N3O6S/c1-12(21)18-9-4-10-19-27(24,25)15-11-13(7-8-14(15)26-2)20-16(22)5-3-6-17(20)23/h7-8,11,19H,3-6,9-10H2,1-2H3,(H,18,21). The summed E-state index contributed by atoms with van der Waals surface area (Å²) in [4.78, 5) is 35.9. The summed E-state index contributed by atoms with van der Waals surface area (Å²) < 4.78 is 32.8. The Kier molecular flexibility index (Phi) is 6.92. The van der Waals surface area contributed by atoms with E-state index in [1.807, 2.05) is 0 Å². The van der Waals surface area contributed by atoms with Gasteiger partial charge in [0, 0.05) is 32.9 Å². The molecule has 0 bridgehead atoms. The van der Waals surface area contributed by atoms with Crippen molar-refractivity contribution in [2.45, 2.75) is 37.5 Å². The van der Waals surface area contributed by atoms with Gasteiger partial charge in [-0.05, 0) is 31.0 Å². The van der Waals surface area contributed by atoms with Gasteiger partial charge in [0.1, 0.15) is 10.6 Å². The molecule has 2 rings (SSSR count). The lowest BCUT2D eigenvalue weighted by atomic mass is 10.1. The number of methoxy groups -OCH3 is 1. The highest BCUT2D eigenvalue weighted by Crippen LogP contribution is 2.30. The first-order valence-corrected chi connectivity index (χ1v) is 10.0. The van der Waals surface area contributed by atoms with Gasteiger partial charge in [0.2, 0.25) is 27.7 Å². The van der Waals surface area contributed by atoms with Crippen LogP contribution in [0.15, 0.2) is 23.1 Å². The maximum Gasteiger partial charge on any atom is 0.244 e. The van der Waals surface area contributed by atoms with E-state index in [-0.39, 0.29) is 53.4 Å². The van der Waals surface area contributed by atoms with Crippen LogP contribution in [0, 0.1) is 0 Å². The number of amides is 3. The maximum absolute atomic E-state index is 12.6. The monoisotopic (exact) mass is 397 g/mol. The van der Waals surface area contributed by atoms with Crippen molar-refractivity contribution in [3.05, 3.63) is 18.2 Å². The molecule has 0 saturated carbocycles. The summed E-state index contributed by atoms with van der Waals surface area (Å²) in [6, 6.07) is 4.15. The number of piperidine rings is 1. The van der Waals surface area contributed by atoms with Crippen LogP contribution in [0.1, 0.15) is 32.6 Å². The zero-order chi connectivity index (χ0) is 20.0. The molecule has 0 unspecified atom stereocenters. The van der Waals surface area contributed by atoms with E-state index in [0.29, 0.717) is 19.4 Å². The van der Waals surface area contributed by atoms with Crippen molar-refractivity contribution in [2.75, 3.05) is 25.1 Å². The first-order chi connectivity index (χ1) is 12.8. The molecule has 0 aliphatic carbocycles. The molecule has 2 N–H and O–H groups in total. The average Bonchev–Trinajstić information content (AvgIpc) is 2.61. The first-order valence-electron chi connectivity index (χ1n) is 8.54. The quantitative estimate of drug-likeness (QED) is 0.488. The molecule has 9 nitrogen and oxygen atoms in total. The highest BCUT2D eigenvalue weighted by atomic mass is 32.2. The number of ether oxygens (including phenoxy) is 1. The number of benzene rings is 1. The van der Waals surface area contributed by atoms with Gasteiger partial charge in [0.25, 0.3) is 0 Å². The molecule has 0 atom stereocenters. The van der Waals surface area contributed by atoms with Crippen molar-refractivity contribution >= 4 is 33.4 Å². The third-order valence-electron chi connectivity index (χ3n) is 3.99. The highest BCUT2D eigenvalue weighted by molar-refractivity contribution is 7.89. The molecule has 0 radical (unpaired) electrons. The van der Waals surface area contributed by atoms with Crippen LogP contribution >= 0.6 is 0 Å². The van der Waals surface area contributed by atoms with E-state index in [2.05, 4.69) is 10.0 Å². The number of rotatable bonds is 8. The molecule has 148 valence electrons. The molecule has 1 saturated heterocycles. The Hall–Kier alpha value is -2.46. The summed E-state index contributed by atoms with van der Waals surface area (Å²) in [6.45, 7) is 1.83. The molecule has 10 heteroatoms. The lowest BCUT2D eigenvalue weighted by molar-refractivity contribution is -0.129. The summed E-state index contributed by atoms with van der Waals surface area (Å²) in [5.74, 6) is -0.806. The smallest absolute Gasteiger partial charge is 0.244 e. The SMILES string of the molecule is COc1ccc(N2C(=O)CCCC2=O)cc1S(=O)(=O)NCCCNC(C)=O. The second kappa shape index (κ2) is 8.96. The summed E-state index contributed by atoms with van der Waals surface area (Å²) in [5.41, 5.74) is 0.198. The first kappa shape index (κ1) is 20.8. The maximum atomic E-state index is 12.6. The zero-order valence-corrected chi connectivity index (χ0v) is 16.1. The molecule has 1 aliphatic heterocycles. The predicted molar refractivity (Wildman–Crippen MR) is 97.8 cm³/mol. The van der Waals surface area contributed by atoms with Gasteiger partial charge in [-0.2, -0.15) is 0 Å². The predicted octanol–water partition coefficient (Wildman–Crippen LogP) is 0.543. The molecule has 0 spiro atoms. The van der Waals surface area contributed by atoms with Gasteiger partial charge in [0.15, 0.2) is 0 Å². The van der Waals surface area contributed by atoms with Crippen molar-refractivity contribution < 1.29 is 27.5 Å². The van der Waals surface area contributed by atoms with Gasteiger partial charge in [-0.15, -0.1) is 0 Å². The van der Waals surface area contributed by atoms with Crippen molar-refractivity contribution in [2.24, 2.45) is 0 Å². The molecule has 1 aliphatic rings. The molecule has 1 aromatic carbocycles. The fourth-order valence-corrected chi connectivity index (χ4v) is 3.95. The van der Waals surface area contributed by atoms with Crippen molar-refractivity contribution in [1.29, 1.82) is 0 Å². The van der Waals surface area contributed by atoms with Crippen LogP contribution in [0.5, 0.6) is 5.75 Å². The van der Waals surface area contributed by atoms with Crippen LogP contribution in [0.25, 0.3) is 0 Å². The number of carbonyl (C=O) groups is 3. The fraction of sp³-hybridized carbons (Fsp3) is 0.471. The molecule has 1 aromatic rings. The van der Waals surface area contributed by atoms with Crippen LogP contribution in [-0.4, -0.2) is 46.3 Å². The summed E-state index contributed by atoms with van der Waals surface area (Å²) in [7, 11) is -2.60. The van der Waals surface area contributed by atoms with Crippen LogP contribution in [0.4, 0.5) is 5.69 Å². The topological polar surface area (TPSA) is 122 Å². The number of hydrogen-bond donors (Lipinski definition) is 2. The number of hydrogen-bond acceptors (Lipinski definition) is 6. The third-order valence-corrected chi connectivity index (χ3v) is 5.48. The normalized spacial score (nSPS) is 15.0. The summed E-state index contributed by atoms with van der Waals surface area (Å²) in [6.07, 6.45) is 1.37. The zero-order valence-electron chi connectivity index (χ0n) is 15.3. The molecule has 1 fully saturated rings. The Morgan fingerprint density at radius 2 is 1.85 bits per heavy atom. The van der Waals surface area contributed by atoms with Crippen molar-refractivity contribution in [3.63, 3.8) is 0 Å². The lowest BCUT2D eigenvalue weighted by Crippen LogP contribution is -2.40. The second-order valence-electron chi connectivity index (χ2n) is 6.05. The number of carbonyl (C=O) groups excluding carboxylic acids is 3. The molecule has 3 amide bonds. The number of nitrogens with zero attached hydrogens (tertiary/aromatic N) is 1. The number of nitrogens with one attached hydrogen (secondary N) is 2. The third kappa shape index (κ3) is 5.27. The molecule has 0 aromatic heterocycles. The van der Waals surface area contributed by atoms with E-state index in [1.165, 1.54) is 32.2 Å². The average molecular weight is 397 g/mol. The van der Waals surface area contributed by atoms with Crippen LogP contribution < -0.4 is 19.7 Å². The number of imide groups is 1. The highest BCUT2D eigenvalue weighted by Gasteiger charge is 2.29. The van der Waals surface area contributed by atoms with E-state index in [1.54, 1.807) is 0 Å².